The predicted octanol–water partition coefficient (Wildman–Crippen LogP) is 3.57. The van der Waals surface area contributed by atoms with Crippen molar-refractivity contribution >= 4 is 11.7 Å². The van der Waals surface area contributed by atoms with Crippen molar-refractivity contribution in [3.63, 3.8) is 0 Å². The van der Waals surface area contributed by atoms with E-state index in [-0.39, 0.29) is 23.8 Å². The van der Waals surface area contributed by atoms with Crippen molar-refractivity contribution in [2.75, 3.05) is 26.2 Å². The second-order valence-electron chi connectivity index (χ2n) is 7.98. The molecular weight excluding hydrogens is 340 g/mol. The molecular formula is C22H32N2O3. The second-order valence-corrected chi connectivity index (χ2v) is 7.98. The minimum atomic E-state index is -0.0924. The number of piperidine rings is 1. The molecule has 5 heteroatoms. The molecule has 0 radical (unpaired) electrons. The van der Waals surface area contributed by atoms with Gasteiger partial charge < -0.3 is 10.1 Å². The molecule has 5 nitrogen and oxygen atoms in total. The fourth-order valence-corrected chi connectivity index (χ4v) is 4.45. The van der Waals surface area contributed by atoms with Crippen LogP contribution >= 0.6 is 0 Å². The first-order valence-electron chi connectivity index (χ1n) is 10.3. The van der Waals surface area contributed by atoms with E-state index in [2.05, 4.69) is 10.2 Å². The number of hydrogen-bond donors (Lipinski definition) is 1. The third-order valence-electron chi connectivity index (χ3n) is 6.04. The molecule has 0 aromatic heterocycles. The van der Waals surface area contributed by atoms with Crippen LogP contribution in [-0.4, -0.2) is 48.4 Å². The number of nitrogens with zero attached hydrogens (tertiary/aromatic N) is 1. The lowest BCUT2D eigenvalue weighted by atomic mass is 9.79. The van der Waals surface area contributed by atoms with Crippen molar-refractivity contribution in [2.45, 2.75) is 63.8 Å². The molecule has 1 N–H and O–H groups in total. The van der Waals surface area contributed by atoms with E-state index in [0.29, 0.717) is 17.9 Å². The van der Waals surface area contributed by atoms with Gasteiger partial charge in [0.15, 0.2) is 12.4 Å². The molecule has 1 heterocycles. The standard InChI is InChI=1S/C22H32N2O3/c1-18(25)19-9-8-10-20(15-19)27-16-21(26)23-17-22(11-4-2-5-12-22)24-13-6-3-7-14-24/h8-10,15H,2-7,11-14,16-17H2,1H3,(H,23,26). The van der Waals surface area contributed by atoms with Crippen molar-refractivity contribution in [1.82, 2.24) is 10.2 Å². The summed E-state index contributed by atoms with van der Waals surface area (Å²) in [5, 5.41) is 3.13. The Kier molecular flexibility index (Phi) is 6.89. The maximum absolute atomic E-state index is 12.4. The van der Waals surface area contributed by atoms with Gasteiger partial charge in [-0.2, -0.15) is 0 Å². The number of hydrogen-bond acceptors (Lipinski definition) is 4. The van der Waals surface area contributed by atoms with Gasteiger partial charge in [-0.05, 0) is 57.8 Å². The van der Waals surface area contributed by atoms with E-state index in [4.69, 9.17) is 4.74 Å². The third-order valence-corrected chi connectivity index (χ3v) is 6.04. The van der Waals surface area contributed by atoms with Gasteiger partial charge >= 0.3 is 0 Å². The molecule has 0 bridgehead atoms. The van der Waals surface area contributed by atoms with E-state index in [1.54, 1.807) is 24.3 Å². The topological polar surface area (TPSA) is 58.6 Å². The summed E-state index contributed by atoms with van der Waals surface area (Å²) in [7, 11) is 0. The monoisotopic (exact) mass is 372 g/mol. The molecule has 2 fully saturated rings. The SMILES string of the molecule is CC(=O)c1cccc(OCC(=O)NCC2(N3CCCCC3)CCCCC2)c1. The Morgan fingerprint density at radius 1 is 1.07 bits per heavy atom. The number of nitrogens with one attached hydrogen (secondary N) is 1. The summed E-state index contributed by atoms with van der Waals surface area (Å²) in [6, 6.07) is 6.99. The zero-order valence-electron chi connectivity index (χ0n) is 16.5. The molecule has 0 unspecified atom stereocenters. The van der Waals surface area contributed by atoms with E-state index in [1.807, 2.05) is 0 Å². The van der Waals surface area contributed by atoms with Crippen LogP contribution in [0.5, 0.6) is 5.75 Å². The molecule has 2 aliphatic rings. The number of carbonyl (C=O) groups is 2. The van der Waals surface area contributed by atoms with Gasteiger partial charge in [0.1, 0.15) is 5.75 Å². The van der Waals surface area contributed by atoms with Crippen molar-refractivity contribution in [3.05, 3.63) is 29.8 Å². The van der Waals surface area contributed by atoms with E-state index in [9.17, 15) is 9.59 Å². The van der Waals surface area contributed by atoms with Crippen LogP contribution in [-0.2, 0) is 4.79 Å². The van der Waals surface area contributed by atoms with E-state index >= 15 is 0 Å². The van der Waals surface area contributed by atoms with Gasteiger partial charge in [-0.25, -0.2) is 0 Å². The summed E-state index contributed by atoms with van der Waals surface area (Å²) in [6.45, 7) is 4.53. The summed E-state index contributed by atoms with van der Waals surface area (Å²) < 4.78 is 5.60. The first-order chi connectivity index (χ1) is 13.1. The summed E-state index contributed by atoms with van der Waals surface area (Å²) >= 11 is 0. The van der Waals surface area contributed by atoms with E-state index in [0.717, 1.165) is 13.1 Å². The highest BCUT2D eigenvalue weighted by Gasteiger charge is 2.38. The predicted molar refractivity (Wildman–Crippen MR) is 106 cm³/mol. The van der Waals surface area contributed by atoms with Gasteiger partial charge in [0.25, 0.3) is 5.91 Å². The summed E-state index contributed by atoms with van der Waals surface area (Å²) in [5.74, 6) is 0.456. The zero-order chi connectivity index (χ0) is 19.1. The van der Waals surface area contributed by atoms with Crippen LogP contribution in [0.3, 0.4) is 0 Å². The number of amides is 1. The number of likely N-dealkylation sites (tertiary alicyclic amines) is 1. The lowest BCUT2D eigenvalue weighted by Crippen LogP contribution is -2.58. The molecule has 1 aliphatic carbocycles. The van der Waals surface area contributed by atoms with Gasteiger partial charge in [-0.1, -0.05) is 37.8 Å². The van der Waals surface area contributed by atoms with E-state index < -0.39 is 0 Å². The summed E-state index contributed by atoms with van der Waals surface area (Å²) in [5.41, 5.74) is 0.724. The zero-order valence-corrected chi connectivity index (χ0v) is 16.5. The fraction of sp³-hybridized carbons (Fsp3) is 0.636. The Balaban J connectivity index is 1.53. The van der Waals surface area contributed by atoms with Crippen LogP contribution in [0.25, 0.3) is 0 Å². The lowest BCUT2D eigenvalue weighted by Gasteiger charge is -2.48. The van der Waals surface area contributed by atoms with Crippen molar-refractivity contribution in [2.24, 2.45) is 0 Å². The van der Waals surface area contributed by atoms with Crippen LogP contribution in [0.1, 0.15) is 68.6 Å². The molecule has 1 saturated carbocycles. The molecule has 1 amide bonds. The van der Waals surface area contributed by atoms with Gasteiger partial charge in [-0.3, -0.25) is 14.5 Å². The van der Waals surface area contributed by atoms with Gasteiger partial charge in [0.2, 0.25) is 0 Å². The molecule has 148 valence electrons. The smallest absolute Gasteiger partial charge is 0.258 e. The highest BCUT2D eigenvalue weighted by atomic mass is 16.5. The second kappa shape index (κ2) is 9.36. The molecule has 3 rings (SSSR count). The molecule has 1 aromatic rings. The third kappa shape index (κ3) is 5.32. The number of ketones is 1. The lowest BCUT2D eigenvalue weighted by molar-refractivity contribution is -0.124. The number of Topliss-reactive ketones (excluding diaryl/α,β-unsaturated/α-hetero) is 1. The van der Waals surface area contributed by atoms with Crippen LogP contribution in [0.2, 0.25) is 0 Å². The maximum atomic E-state index is 12.4. The van der Waals surface area contributed by atoms with Gasteiger partial charge in [0, 0.05) is 17.6 Å². The Morgan fingerprint density at radius 2 is 1.78 bits per heavy atom. The summed E-state index contributed by atoms with van der Waals surface area (Å²) in [4.78, 5) is 26.5. The number of benzene rings is 1. The number of rotatable bonds is 7. The highest BCUT2D eigenvalue weighted by molar-refractivity contribution is 5.94. The molecule has 1 aliphatic heterocycles. The Labute approximate surface area is 162 Å². The van der Waals surface area contributed by atoms with E-state index in [1.165, 1.54) is 58.3 Å². The van der Waals surface area contributed by atoms with Crippen LogP contribution in [0.4, 0.5) is 0 Å². The largest absolute Gasteiger partial charge is 0.484 e. The number of ether oxygens (including phenoxy) is 1. The first-order valence-corrected chi connectivity index (χ1v) is 10.3. The van der Waals surface area contributed by atoms with Crippen LogP contribution < -0.4 is 10.1 Å². The van der Waals surface area contributed by atoms with Crippen LogP contribution in [0.15, 0.2) is 24.3 Å². The first kappa shape index (κ1) is 19.9. The van der Waals surface area contributed by atoms with Crippen molar-refractivity contribution in [1.29, 1.82) is 0 Å². The maximum Gasteiger partial charge on any atom is 0.258 e. The molecule has 1 saturated heterocycles. The van der Waals surface area contributed by atoms with Gasteiger partial charge in [-0.15, -0.1) is 0 Å². The van der Waals surface area contributed by atoms with Crippen molar-refractivity contribution < 1.29 is 14.3 Å². The minimum Gasteiger partial charge on any atom is -0.484 e. The quantitative estimate of drug-likeness (QED) is 0.744. The average Bonchev–Trinajstić information content (AvgIpc) is 2.72. The molecule has 1 aromatic carbocycles. The molecule has 0 atom stereocenters. The minimum absolute atomic E-state index is 0.00864. The fourth-order valence-electron chi connectivity index (χ4n) is 4.45. The Bertz CT molecular complexity index is 647. The number of carbonyl (C=O) groups excluding carboxylic acids is 2. The Hall–Kier alpha value is -1.88. The average molecular weight is 373 g/mol. The normalized spacial score (nSPS) is 20.0. The molecule has 27 heavy (non-hydrogen) atoms. The summed E-state index contributed by atoms with van der Waals surface area (Å²) in [6.07, 6.45) is 10.0. The molecule has 0 spiro atoms. The van der Waals surface area contributed by atoms with Crippen molar-refractivity contribution in [3.8, 4) is 5.75 Å². The Morgan fingerprint density at radius 3 is 2.48 bits per heavy atom. The highest BCUT2D eigenvalue weighted by Crippen LogP contribution is 2.35. The van der Waals surface area contributed by atoms with Gasteiger partial charge in [0.05, 0.1) is 0 Å². The van der Waals surface area contributed by atoms with Crippen LogP contribution in [0, 0.1) is 0 Å².